The van der Waals surface area contributed by atoms with Gasteiger partial charge in [0.05, 0.1) is 22.6 Å². The summed E-state index contributed by atoms with van der Waals surface area (Å²) in [4.78, 5) is 8.88. The van der Waals surface area contributed by atoms with Crippen LogP contribution in [0.15, 0.2) is 53.6 Å². The smallest absolute Gasteiger partial charge is 0.263 e. The molecule has 2 heterocycles. The van der Waals surface area contributed by atoms with Gasteiger partial charge in [0.25, 0.3) is 10.0 Å². The van der Waals surface area contributed by atoms with E-state index in [4.69, 9.17) is 23.2 Å². The Labute approximate surface area is 177 Å². The van der Waals surface area contributed by atoms with Crippen LogP contribution in [0.1, 0.15) is 12.6 Å². The number of hydrogen-bond donors (Lipinski definition) is 2. The largest absolute Gasteiger partial charge is 0.280 e. The molecule has 2 aromatic heterocycles. The summed E-state index contributed by atoms with van der Waals surface area (Å²) >= 11 is 11.9. The van der Waals surface area contributed by atoms with Crippen molar-refractivity contribution in [3.63, 3.8) is 0 Å². The normalized spacial score (nSPS) is 11.7. The number of benzene rings is 2. The van der Waals surface area contributed by atoms with Crippen molar-refractivity contribution in [2.45, 2.75) is 18.2 Å². The highest BCUT2D eigenvalue weighted by atomic mass is 35.5. The lowest BCUT2D eigenvalue weighted by Gasteiger charge is -2.10. The minimum atomic E-state index is -3.88. The molecule has 0 aliphatic rings. The Balaban J connectivity index is 1.60. The molecule has 0 aliphatic carbocycles. The second-order valence-electron chi connectivity index (χ2n) is 6.23. The zero-order valence-electron chi connectivity index (χ0n) is 15.1. The van der Waals surface area contributed by atoms with E-state index < -0.39 is 10.0 Å². The molecule has 4 rings (SSSR count). The van der Waals surface area contributed by atoms with E-state index in [0.717, 1.165) is 23.2 Å². The van der Waals surface area contributed by atoms with Gasteiger partial charge in [0.15, 0.2) is 5.65 Å². The molecule has 2 aromatic carbocycles. The summed E-state index contributed by atoms with van der Waals surface area (Å²) in [5.74, 6) is 0. The topological polar surface area (TPSA) is 101 Å². The standard InChI is InChI=1S/C19H15Cl2N5O2S/c1-2-15-18-19(25-24-15)23-16(10-22-18)11-3-6-13(7-4-11)26-29(27,28)17-9-12(20)5-8-14(17)21/h3-10,26H,2H2,1H3,(H,23,24,25). The van der Waals surface area contributed by atoms with Crippen molar-refractivity contribution in [1.29, 1.82) is 0 Å². The van der Waals surface area contributed by atoms with Gasteiger partial charge in [0.2, 0.25) is 0 Å². The fourth-order valence-corrected chi connectivity index (χ4v) is 4.66. The summed E-state index contributed by atoms with van der Waals surface area (Å²) in [6.45, 7) is 2.00. The van der Waals surface area contributed by atoms with E-state index in [0.29, 0.717) is 17.0 Å². The zero-order chi connectivity index (χ0) is 20.6. The molecule has 0 saturated carbocycles. The molecule has 29 heavy (non-hydrogen) atoms. The number of rotatable bonds is 5. The SMILES string of the molecule is CCc1n[nH]c2nc(-c3ccc(NS(=O)(=O)c4cc(Cl)ccc4Cl)cc3)cnc12. The van der Waals surface area contributed by atoms with Crippen molar-refractivity contribution in [2.24, 2.45) is 0 Å². The molecule has 0 amide bonds. The number of fused-ring (bicyclic) bond motifs is 1. The third-order valence-corrected chi connectivity index (χ3v) is 6.39. The average Bonchev–Trinajstić information content (AvgIpc) is 3.12. The van der Waals surface area contributed by atoms with E-state index in [-0.39, 0.29) is 14.9 Å². The monoisotopic (exact) mass is 447 g/mol. The van der Waals surface area contributed by atoms with E-state index in [9.17, 15) is 8.42 Å². The minimum Gasteiger partial charge on any atom is -0.280 e. The maximum atomic E-state index is 12.6. The van der Waals surface area contributed by atoms with Crippen LogP contribution < -0.4 is 4.72 Å². The van der Waals surface area contributed by atoms with Crippen molar-refractivity contribution in [1.82, 2.24) is 20.2 Å². The van der Waals surface area contributed by atoms with Crippen LogP contribution in [0.4, 0.5) is 5.69 Å². The first-order valence-corrected chi connectivity index (χ1v) is 10.9. The van der Waals surface area contributed by atoms with Crippen molar-refractivity contribution < 1.29 is 8.42 Å². The number of sulfonamides is 1. The van der Waals surface area contributed by atoms with Gasteiger partial charge < -0.3 is 0 Å². The molecular weight excluding hydrogens is 433 g/mol. The van der Waals surface area contributed by atoms with Crippen LogP contribution in [-0.2, 0) is 16.4 Å². The first kappa shape index (κ1) is 19.6. The second kappa shape index (κ2) is 7.62. The predicted molar refractivity (Wildman–Crippen MR) is 114 cm³/mol. The van der Waals surface area contributed by atoms with Gasteiger partial charge in [-0.15, -0.1) is 0 Å². The van der Waals surface area contributed by atoms with E-state index in [2.05, 4.69) is 24.9 Å². The molecule has 0 spiro atoms. The van der Waals surface area contributed by atoms with Crippen LogP contribution in [0.3, 0.4) is 0 Å². The number of H-pyrrole nitrogens is 1. The summed E-state index contributed by atoms with van der Waals surface area (Å²) in [5, 5.41) is 7.45. The molecule has 0 unspecified atom stereocenters. The number of nitrogens with one attached hydrogen (secondary N) is 2. The Bertz CT molecular complexity index is 1300. The van der Waals surface area contributed by atoms with Crippen LogP contribution in [0.5, 0.6) is 0 Å². The van der Waals surface area contributed by atoms with Crippen molar-refractivity contribution in [3.05, 3.63) is 64.4 Å². The van der Waals surface area contributed by atoms with Gasteiger partial charge in [-0.25, -0.2) is 18.4 Å². The molecule has 0 saturated heterocycles. The quantitative estimate of drug-likeness (QED) is 0.461. The van der Waals surface area contributed by atoms with Crippen LogP contribution >= 0.6 is 23.2 Å². The maximum absolute atomic E-state index is 12.6. The Kier molecular flexibility index (Phi) is 5.16. The number of aromatic nitrogens is 4. The third-order valence-electron chi connectivity index (χ3n) is 4.29. The highest BCUT2D eigenvalue weighted by Crippen LogP contribution is 2.28. The highest BCUT2D eigenvalue weighted by molar-refractivity contribution is 7.92. The lowest BCUT2D eigenvalue weighted by Crippen LogP contribution is -2.13. The lowest BCUT2D eigenvalue weighted by atomic mass is 10.1. The van der Waals surface area contributed by atoms with Crippen LogP contribution in [-0.4, -0.2) is 28.6 Å². The van der Waals surface area contributed by atoms with Crippen molar-refractivity contribution in [3.8, 4) is 11.3 Å². The molecule has 10 heteroatoms. The first-order valence-electron chi connectivity index (χ1n) is 8.65. The van der Waals surface area contributed by atoms with Crippen LogP contribution in [0, 0.1) is 0 Å². The van der Waals surface area contributed by atoms with Crippen LogP contribution in [0.25, 0.3) is 22.4 Å². The number of aromatic amines is 1. The number of hydrogen-bond acceptors (Lipinski definition) is 5. The first-order chi connectivity index (χ1) is 13.9. The van der Waals surface area contributed by atoms with Crippen LogP contribution in [0.2, 0.25) is 10.0 Å². The molecule has 0 bridgehead atoms. The van der Waals surface area contributed by atoms with E-state index in [1.165, 1.54) is 18.2 Å². The molecule has 7 nitrogen and oxygen atoms in total. The van der Waals surface area contributed by atoms with Gasteiger partial charge in [0.1, 0.15) is 10.4 Å². The second-order valence-corrected chi connectivity index (χ2v) is 8.73. The third kappa shape index (κ3) is 3.91. The van der Waals surface area contributed by atoms with Crippen molar-refractivity contribution in [2.75, 3.05) is 4.72 Å². The van der Waals surface area contributed by atoms with Gasteiger partial charge >= 0.3 is 0 Å². The van der Waals surface area contributed by atoms with Gasteiger partial charge in [-0.1, -0.05) is 42.3 Å². The number of anilines is 1. The van der Waals surface area contributed by atoms with Gasteiger partial charge in [-0.3, -0.25) is 9.82 Å². The molecule has 2 N–H and O–H groups in total. The van der Waals surface area contributed by atoms with Gasteiger partial charge in [-0.2, -0.15) is 5.10 Å². The molecule has 0 atom stereocenters. The van der Waals surface area contributed by atoms with E-state index >= 15 is 0 Å². The van der Waals surface area contributed by atoms with Gasteiger partial charge in [-0.05, 0) is 36.8 Å². The fraction of sp³-hybridized carbons (Fsp3) is 0.105. The van der Waals surface area contributed by atoms with Crippen molar-refractivity contribution >= 4 is 50.1 Å². The summed E-state index contributed by atoms with van der Waals surface area (Å²) in [6.07, 6.45) is 2.43. The molecule has 0 fully saturated rings. The van der Waals surface area contributed by atoms with E-state index in [1.54, 1.807) is 30.5 Å². The highest BCUT2D eigenvalue weighted by Gasteiger charge is 2.19. The lowest BCUT2D eigenvalue weighted by molar-refractivity contribution is 0.601. The Morgan fingerprint density at radius 3 is 2.59 bits per heavy atom. The summed E-state index contributed by atoms with van der Waals surface area (Å²) < 4.78 is 27.7. The molecule has 148 valence electrons. The minimum absolute atomic E-state index is 0.0852. The summed E-state index contributed by atoms with van der Waals surface area (Å²) in [6, 6.07) is 11.1. The number of nitrogens with zero attached hydrogens (tertiary/aromatic N) is 3. The zero-order valence-corrected chi connectivity index (χ0v) is 17.5. The molecule has 0 aliphatic heterocycles. The van der Waals surface area contributed by atoms with Gasteiger partial charge in [0, 0.05) is 16.3 Å². The molecule has 0 radical (unpaired) electrons. The Morgan fingerprint density at radius 2 is 1.86 bits per heavy atom. The Morgan fingerprint density at radius 1 is 1.10 bits per heavy atom. The summed E-state index contributed by atoms with van der Waals surface area (Å²) in [5.41, 5.74) is 4.04. The predicted octanol–water partition coefficient (Wildman–Crippen LogP) is 4.69. The fourth-order valence-electron chi connectivity index (χ4n) is 2.84. The number of halogens is 2. The maximum Gasteiger partial charge on any atom is 0.263 e. The average molecular weight is 448 g/mol. The van der Waals surface area contributed by atoms with E-state index in [1.807, 2.05) is 6.92 Å². The molecular formula is C19H15Cl2N5O2S. The Hall–Kier alpha value is -2.68. The number of aryl methyl sites for hydroxylation is 1. The summed E-state index contributed by atoms with van der Waals surface area (Å²) in [7, 11) is -3.88. The molecule has 4 aromatic rings.